The predicted molar refractivity (Wildman–Crippen MR) is 38.7 cm³/mol. The second-order valence-electron chi connectivity index (χ2n) is 2.19. The summed E-state index contributed by atoms with van der Waals surface area (Å²) in [7, 11) is 0. The van der Waals surface area contributed by atoms with E-state index < -0.39 is 5.85 Å². The first-order valence-corrected chi connectivity index (χ1v) is 2.96. The molecule has 0 aliphatic carbocycles. The normalized spacial score (nSPS) is 11.5. The van der Waals surface area contributed by atoms with Crippen LogP contribution in [0.3, 0.4) is 0 Å². The zero-order valence-corrected chi connectivity index (χ0v) is 5.49. The summed E-state index contributed by atoms with van der Waals surface area (Å²) in [6.07, 6.45) is 0. The molecule has 0 fully saturated rings. The molecule has 1 rings (SSSR count). The van der Waals surface area contributed by atoms with Gasteiger partial charge in [-0.05, 0) is 0 Å². The Hall–Kier alpha value is -0.900. The van der Waals surface area contributed by atoms with Crippen LogP contribution in [0.5, 0.6) is 0 Å². The Morgan fingerprint density at radius 3 is 1.90 bits per heavy atom. The van der Waals surface area contributed by atoms with Crippen molar-refractivity contribution in [3.8, 4) is 0 Å². The summed E-state index contributed by atoms with van der Waals surface area (Å²) in [6.45, 7) is 0. The fraction of sp³-hybridized carbons (Fsp3) is 0.143. The smallest absolute Gasteiger partial charge is 0.194 e. The molecule has 1 aromatic carbocycles. The maximum Gasteiger partial charge on any atom is 0.194 e. The van der Waals surface area contributed by atoms with Crippen molar-refractivity contribution < 1.29 is 5.11 Å². The molecule has 0 heterocycles. The molecule has 0 aromatic heterocycles. The average Bonchev–Trinajstić information content (AvgIpc) is 1.88. The van der Waals surface area contributed by atoms with E-state index in [0.29, 0.717) is 5.56 Å². The first-order chi connectivity index (χ1) is 4.61. The van der Waals surface area contributed by atoms with Gasteiger partial charge in [0.25, 0.3) is 0 Å². The molecule has 0 aliphatic heterocycles. The molecule has 0 saturated carbocycles. The Bertz CT molecular complexity index is 203. The van der Waals surface area contributed by atoms with Crippen molar-refractivity contribution in [1.29, 1.82) is 0 Å². The van der Waals surface area contributed by atoms with E-state index in [9.17, 15) is 0 Å². The zero-order chi connectivity index (χ0) is 7.61. The maximum absolute atomic E-state index is 9.04. The van der Waals surface area contributed by atoms with Gasteiger partial charge in [-0.3, -0.25) is 11.5 Å². The van der Waals surface area contributed by atoms with Gasteiger partial charge in [0.1, 0.15) is 0 Å². The summed E-state index contributed by atoms with van der Waals surface area (Å²) in [5, 5.41) is 9.04. The standard InChI is InChI=1S/C7H10N2O/c8-7(9,10)6-4-2-1-3-5-6/h1-5,10H,8-9H2. The van der Waals surface area contributed by atoms with Gasteiger partial charge in [-0.25, -0.2) is 0 Å². The van der Waals surface area contributed by atoms with E-state index in [1.54, 1.807) is 24.3 Å². The van der Waals surface area contributed by atoms with Gasteiger partial charge >= 0.3 is 0 Å². The molecule has 0 bridgehead atoms. The van der Waals surface area contributed by atoms with Crippen molar-refractivity contribution in [3.63, 3.8) is 0 Å². The number of nitrogens with two attached hydrogens (primary N) is 2. The SMILES string of the molecule is NC(N)(O)c1ccccc1. The van der Waals surface area contributed by atoms with Crippen LogP contribution in [-0.4, -0.2) is 5.11 Å². The third kappa shape index (κ3) is 1.54. The highest BCUT2D eigenvalue weighted by Crippen LogP contribution is 2.06. The molecule has 0 spiro atoms. The Labute approximate surface area is 59.3 Å². The van der Waals surface area contributed by atoms with Gasteiger partial charge in [-0.1, -0.05) is 30.3 Å². The van der Waals surface area contributed by atoms with Crippen LogP contribution >= 0.6 is 0 Å². The number of hydrogen-bond acceptors (Lipinski definition) is 3. The fourth-order valence-corrected chi connectivity index (χ4v) is 0.705. The lowest BCUT2D eigenvalue weighted by atomic mass is 10.1. The molecule has 54 valence electrons. The van der Waals surface area contributed by atoms with Crippen LogP contribution in [0.2, 0.25) is 0 Å². The van der Waals surface area contributed by atoms with Gasteiger partial charge in [0.05, 0.1) is 0 Å². The Balaban J connectivity index is 2.97. The molecule has 10 heavy (non-hydrogen) atoms. The third-order valence-electron chi connectivity index (χ3n) is 1.24. The predicted octanol–water partition coefficient (Wildman–Crippen LogP) is -0.293. The highest BCUT2D eigenvalue weighted by Gasteiger charge is 2.15. The molecule has 0 saturated heterocycles. The van der Waals surface area contributed by atoms with Gasteiger partial charge in [0, 0.05) is 5.56 Å². The van der Waals surface area contributed by atoms with Gasteiger partial charge in [0.15, 0.2) is 5.85 Å². The highest BCUT2D eigenvalue weighted by molar-refractivity contribution is 5.19. The Morgan fingerprint density at radius 1 is 1.10 bits per heavy atom. The van der Waals surface area contributed by atoms with Crippen molar-refractivity contribution in [3.05, 3.63) is 35.9 Å². The number of benzene rings is 1. The van der Waals surface area contributed by atoms with E-state index in [1.807, 2.05) is 6.07 Å². The van der Waals surface area contributed by atoms with Crippen LogP contribution in [-0.2, 0) is 5.85 Å². The number of hydrogen-bond donors (Lipinski definition) is 3. The van der Waals surface area contributed by atoms with E-state index >= 15 is 0 Å². The summed E-state index contributed by atoms with van der Waals surface area (Å²) in [5.74, 6) is -1.71. The molecule has 3 nitrogen and oxygen atoms in total. The average molecular weight is 138 g/mol. The van der Waals surface area contributed by atoms with Crippen molar-refractivity contribution >= 4 is 0 Å². The second-order valence-corrected chi connectivity index (χ2v) is 2.19. The molecular weight excluding hydrogens is 128 g/mol. The third-order valence-corrected chi connectivity index (χ3v) is 1.24. The maximum atomic E-state index is 9.04. The lowest BCUT2D eigenvalue weighted by Gasteiger charge is -2.16. The van der Waals surface area contributed by atoms with Gasteiger partial charge in [-0.2, -0.15) is 0 Å². The quantitative estimate of drug-likeness (QED) is 0.467. The minimum absolute atomic E-state index is 0.509. The topological polar surface area (TPSA) is 72.3 Å². The molecule has 3 heteroatoms. The Kier molecular flexibility index (Phi) is 1.72. The Morgan fingerprint density at radius 2 is 1.60 bits per heavy atom. The lowest BCUT2D eigenvalue weighted by molar-refractivity contribution is 0.0509. The van der Waals surface area contributed by atoms with E-state index in [2.05, 4.69) is 0 Å². The zero-order valence-electron chi connectivity index (χ0n) is 5.49. The summed E-state index contributed by atoms with van der Waals surface area (Å²) in [5.41, 5.74) is 10.9. The van der Waals surface area contributed by atoms with E-state index in [0.717, 1.165) is 0 Å². The highest BCUT2D eigenvalue weighted by atomic mass is 16.3. The largest absolute Gasteiger partial charge is 0.360 e. The van der Waals surface area contributed by atoms with Crippen LogP contribution in [0.25, 0.3) is 0 Å². The minimum Gasteiger partial charge on any atom is -0.360 e. The minimum atomic E-state index is -1.71. The van der Waals surface area contributed by atoms with Crippen molar-refractivity contribution in [1.82, 2.24) is 0 Å². The van der Waals surface area contributed by atoms with Crippen molar-refractivity contribution in [2.75, 3.05) is 0 Å². The molecule has 5 N–H and O–H groups in total. The summed E-state index contributed by atoms with van der Waals surface area (Å²) >= 11 is 0. The van der Waals surface area contributed by atoms with E-state index in [1.165, 1.54) is 0 Å². The first kappa shape index (κ1) is 7.21. The van der Waals surface area contributed by atoms with Gasteiger partial charge < -0.3 is 5.11 Å². The molecule has 0 amide bonds. The lowest BCUT2D eigenvalue weighted by Crippen LogP contribution is -2.45. The van der Waals surface area contributed by atoms with Crippen LogP contribution in [0, 0.1) is 0 Å². The van der Waals surface area contributed by atoms with Crippen molar-refractivity contribution in [2.45, 2.75) is 5.85 Å². The van der Waals surface area contributed by atoms with Crippen LogP contribution in [0.4, 0.5) is 0 Å². The summed E-state index contributed by atoms with van der Waals surface area (Å²) in [4.78, 5) is 0. The van der Waals surface area contributed by atoms with Gasteiger partial charge in [-0.15, -0.1) is 0 Å². The summed E-state index contributed by atoms with van der Waals surface area (Å²) in [6, 6.07) is 8.69. The number of aliphatic hydroxyl groups is 1. The monoisotopic (exact) mass is 138 g/mol. The fourth-order valence-electron chi connectivity index (χ4n) is 0.705. The molecule has 0 aliphatic rings. The van der Waals surface area contributed by atoms with Gasteiger partial charge in [0.2, 0.25) is 0 Å². The molecule has 0 unspecified atom stereocenters. The van der Waals surface area contributed by atoms with Crippen LogP contribution in [0.1, 0.15) is 5.56 Å². The van der Waals surface area contributed by atoms with Crippen molar-refractivity contribution in [2.24, 2.45) is 11.5 Å². The van der Waals surface area contributed by atoms with E-state index in [-0.39, 0.29) is 0 Å². The molecule has 0 atom stereocenters. The molecular formula is C7H10N2O. The van der Waals surface area contributed by atoms with Crippen LogP contribution < -0.4 is 11.5 Å². The molecule has 0 radical (unpaired) electrons. The second kappa shape index (κ2) is 2.38. The number of rotatable bonds is 1. The molecule has 1 aromatic rings. The van der Waals surface area contributed by atoms with Crippen LogP contribution in [0.15, 0.2) is 30.3 Å². The first-order valence-electron chi connectivity index (χ1n) is 2.96. The van der Waals surface area contributed by atoms with E-state index in [4.69, 9.17) is 16.6 Å². The summed E-state index contributed by atoms with van der Waals surface area (Å²) < 4.78 is 0.